The van der Waals surface area contributed by atoms with Crippen molar-refractivity contribution in [3.8, 4) is 0 Å². The molecule has 0 aliphatic rings. The van der Waals surface area contributed by atoms with Crippen LogP contribution < -0.4 is 10.6 Å². The Morgan fingerprint density at radius 3 is 2.44 bits per heavy atom. The van der Waals surface area contributed by atoms with Gasteiger partial charge in [-0.1, -0.05) is 18.2 Å². The molecule has 3 aromatic rings. The molecule has 8 heteroatoms. The Bertz CT molecular complexity index is 879. The first kappa shape index (κ1) is 16.6. The van der Waals surface area contributed by atoms with E-state index < -0.39 is 5.97 Å². The van der Waals surface area contributed by atoms with Gasteiger partial charge in [-0.15, -0.1) is 21.5 Å². The highest BCUT2D eigenvalue weighted by Gasteiger charge is 2.12. The number of rotatable bonds is 5. The minimum absolute atomic E-state index is 0.235. The number of amides is 1. The molecule has 2 heterocycles. The van der Waals surface area contributed by atoms with Crippen molar-refractivity contribution in [2.75, 3.05) is 17.7 Å². The van der Waals surface area contributed by atoms with Crippen LogP contribution in [0.2, 0.25) is 0 Å². The summed E-state index contributed by atoms with van der Waals surface area (Å²) in [5, 5.41) is 15.5. The largest absolute Gasteiger partial charge is 0.465 e. The van der Waals surface area contributed by atoms with E-state index in [2.05, 4.69) is 20.8 Å². The Balaban J connectivity index is 1.71. The summed E-state index contributed by atoms with van der Waals surface area (Å²) in [5.74, 6) is 0.0904. The molecule has 0 spiro atoms. The van der Waals surface area contributed by atoms with Gasteiger partial charge in [0.1, 0.15) is 0 Å². The molecule has 0 saturated heterocycles. The normalized spacial score (nSPS) is 10.1. The molecule has 0 atom stereocenters. The molecule has 126 valence electrons. The standard InChI is InChI=1S/C17H14N4O3S/c1-24-17(23)11-5-2-3-6-12(11)18-14-8-9-15(21-20-14)19-16(22)13-7-4-10-25-13/h2-10H,1H3,(H,18,20)(H,19,21,22). The Labute approximate surface area is 147 Å². The third-order valence-electron chi connectivity index (χ3n) is 3.25. The van der Waals surface area contributed by atoms with Crippen molar-refractivity contribution in [1.82, 2.24) is 10.2 Å². The average molecular weight is 354 g/mol. The lowest BCUT2D eigenvalue weighted by Crippen LogP contribution is -2.12. The number of nitrogens with zero attached hydrogens (tertiary/aromatic N) is 2. The predicted molar refractivity (Wildman–Crippen MR) is 95.4 cm³/mol. The summed E-state index contributed by atoms with van der Waals surface area (Å²) in [5.41, 5.74) is 0.945. The van der Waals surface area contributed by atoms with Gasteiger partial charge < -0.3 is 15.4 Å². The Morgan fingerprint density at radius 1 is 1.00 bits per heavy atom. The van der Waals surface area contributed by atoms with E-state index >= 15 is 0 Å². The second-order valence-electron chi connectivity index (χ2n) is 4.90. The highest BCUT2D eigenvalue weighted by molar-refractivity contribution is 7.12. The molecule has 2 aromatic heterocycles. The molecule has 2 N–H and O–H groups in total. The smallest absolute Gasteiger partial charge is 0.339 e. The Morgan fingerprint density at radius 2 is 1.76 bits per heavy atom. The number of methoxy groups -OCH3 is 1. The van der Waals surface area contributed by atoms with Crippen molar-refractivity contribution >= 4 is 40.5 Å². The van der Waals surface area contributed by atoms with E-state index in [1.807, 2.05) is 5.38 Å². The number of hydrogen-bond acceptors (Lipinski definition) is 7. The lowest BCUT2D eigenvalue weighted by atomic mass is 10.2. The first-order chi connectivity index (χ1) is 12.2. The maximum absolute atomic E-state index is 12.0. The first-order valence-electron chi connectivity index (χ1n) is 7.30. The molecule has 1 aromatic carbocycles. The molecule has 0 fully saturated rings. The van der Waals surface area contributed by atoms with Gasteiger partial charge in [-0.05, 0) is 35.7 Å². The van der Waals surface area contributed by atoms with Crippen molar-refractivity contribution in [2.24, 2.45) is 0 Å². The zero-order chi connectivity index (χ0) is 17.6. The molecule has 0 unspecified atom stereocenters. The average Bonchev–Trinajstić information content (AvgIpc) is 3.18. The number of ether oxygens (including phenoxy) is 1. The second kappa shape index (κ2) is 7.54. The number of nitrogens with one attached hydrogen (secondary N) is 2. The quantitative estimate of drug-likeness (QED) is 0.683. The van der Waals surface area contributed by atoms with Gasteiger partial charge in [-0.3, -0.25) is 4.79 Å². The number of esters is 1. The van der Waals surface area contributed by atoms with Gasteiger partial charge in [0.05, 0.1) is 23.2 Å². The lowest BCUT2D eigenvalue weighted by Gasteiger charge is -2.10. The first-order valence-corrected chi connectivity index (χ1v) is 8.18. The van der Waals surface area contributed by atoms with Gasteiger partial charge in [0.15, 0.2) is 11.6 Å². The van der Waals surface area contributed by atoms with Gasteiger partial charge in [0, 0.05) is 0 Å². The fourth-order valence-corrected chi connectivity index (χ4v) is 2.69. The molecule has 25 heavy (non-hydrogen) atoms. The third-order valence-corrected chi connectivity index (χ3v) is 4.11. The number of carbonyl (C=O) groups excluding carboxylic acids is 2. The number of carbonyl (C=O) groups is 2. The van der Waals surface area contributed by atoms with Crippen LogP contribution in [-0.2, 0) is 4.74 Å². The molecule has 0 aliphatic carbocycles. The van der Waals surface area contributed by atoms with Crippen molar-refractivity contribution in [2.45, 2.75) is 0 Å². The maximum Gasteiger partial charge on any atom is 0.339 e. The van der Waals surface area contributed by atoms with Crippen molar-refractivity contribution in [3.63, 3.8) is 0 Å². The van der Waals surface area contributed by atoms with Crippen LogP contribution >= 0.6 is 11.3 Å². The number of anilines is 3. The van der Waals surface area contributed by atoms with Crippen LogP contribution in [0, 0.1) is 0 Å². The number of benzene rings is 1. The van der Waals surface area contributed by atoms with E-state index in [1.165, 1.54) is 18.4 Å². The molecular weight excluding hydrogens is 340 g/mol. The van der Waals surface area contributed by atoms with Crippen LogP contribution in [0.5, 0.6) is 0 Å². The Kier molecular flexibility index (Phi) is 5.00. The van der Waals surface area contributed by atoms with Crippen molar-refractivity contribution in [1.29, 1.82) is 0 Å². The highest BCUT2D eigenvalue weighted by Crippen LogP contribution is 2.20. The minimum Gasteiger partial charge on any atom is -0.465 e. The van der Waals surface area contributed by atoms with E-state index in [4.69, 9.17) is 4.74 Å². The molecule has 3 rings (SSSR count). The Hall–Kier alpha value is -3.26. The van der Waals surface area contributed by atoms with E-state index in [-0.39, 0.29) is 5.91 Å². The van der Waals surface area contributed by atoms with Gasteiger partial charge >= 0.3 is 5.97 Å². The van der Waals surface area contributed by atoms with Crippen LogP contribution in [0.4, 0.5) is 17.3 Å². The second-order valence-corrected chi connectivity index (χ2v) is 5.85. The summed E-state index contributed by atoms with van der Waals surface area (Å²) in [7, 11) is 1.32. The zero-order valence-electron chi connectivity index (χ0n) is 13.2. The predicted octanol–water partition coefficient (Wildman–Crippen LogP) is 3.32. The van der Waals surface area contributed by atoms with E-state index in [1.54, 1.807) is 48.5 Å². The molecule has 0 radical (unpaired) electrons. The number of aromatic nitrogens is 2. The van der Waals surface area contributed by atoms with Crippen LogP contribution in [0.1, 0.15) is 20.0 Å². The summed E-state index contributed by atoms with van der Waals surface area (Å²) in [6.07, 6.45) is 0. The maximum atomic E-state index is 12.0. The van der Waals surface area contributed by atoms with Crippen LogP contribution in [0.15, 0.2) is 53.9 Å². The summed E-state index contributed by atoms with van der Waals surface area (Å²) in [4.78, 5) is 24.3. The number of hydrogen-bond donors (Lipinski definition) is 2. The number of para-hydroxylation sites is 1. The summed E-state index contributed by atoms with van der Waals surface area (Å²) in [6, 6.07) is 13.7. The van der Waals surface area contributed by atoms with E-state index in [9.17, 15) is 9.59 Å². The van der Waals surface area contributed by atoms with Gasteiger partial charge in [0.25, 0.3) is 5.91 Å². The fraction of sp³-hybridized carbons (Fsp3) is 0.0588. The van der Waals surface area contributed by atoms with Crippen LogP contribution in [0.25, 0.3) is 0 Å². The van der Waals surface area contributed by atoms with E-state index in [0.717, 1.165) is 0 Å². The topological polar surface area (TPSA) is 93.2 Å². The molecule has 0 aliphatic heterocycles. The van der Waals surface area contributed by atoms with Crippen molar-refractivity contribution in [3.05, 3.63) is 64.4 Å². The van der Waals surface area contributed by atoms with Gasteiger partial charge in [-0.2, -0.15) is 0 Å². The molecule has 1 amide bonds. The summed E-state index contributed by atoms with van der Waals surface area (Å²) >= 11 is 1.35. The van der Waals surface area contributed by atoms with Crippen molar-refractivity contribution < 1.29 is 14.3 Å². The van der Waals surface area contributed by atoms with E-state index in [0.29, 0.717) is 27.8 Å². The fourth-order valence-electron chi connectivity index (χ4n) is 2.07. The third kappa shape index (κ3) is 3.99. The lowest BCUT2D eigenvalue weighted by molar-refractivity contribution is 0.0601. The van der Waals surface area contributed by atoms with Gasteiger partial charge in [-0.25, -0.2) is 4.79 Å². The molecule has 0 saturated carbocycles. The minimum atomic E-state index is -0.448. The summed E-state index contributed by atoms with van der Waals surface area (Å²) < 4.78 is 4.75. The SMILES string of the molecule is COC(=O)c1ccccc1Nc1ccc(NC(=O)c2cccs2)nn1. The summed E-state index contributed by atoms with van der Waals surface area (Å²) in [6.45, 7) is 0. The molecule has 7 nitrogen and oxygen atoms in total. The van der Waals surface area contributed by atoms with Gasteiger partial charge in [0.2, 0.25) is 0 Å². The number of thiophene rings is 1. The highest BCUT2D eigenvalue weighted by atomic mass is 32.1. The molecular formula is C17H14N4O3S. The van der Waals surface area contributed by atoms with Crippen LogP contribution in [-0.4, -0.2) is 29.2 Å². The monoisotopic (exact) mass is 354 g/mol. The molecule has 0 bridgehead atoms. The van der Waals surface area contributed by atoms with Crippen LogP contribution in [0.3, 0.4) is 0 Å². The zero-order valence-corrected chi connectivity index (χ0v) is 14.0.